The van der Waals surface area contributed by atoms with Crippen molar-refractivity contribution in [2.45, 2.75) is 0 Å². The topological polar surface area (TPSA) is 94.0 Å². The van der Waals surface area contributed by atoms with Gasteiger partial charge in [-0.2, -0.15) is 4.73 Å². The summed E-state index contributed by atoms with van der Waals surface area (Å²) in [4.78, 5) is 17.6. The van der Waals surface area contributed by atoms with Crippen LogP contribution in [0.25, 0.3) is 0 Å². The number of carbonyl (C=O) groups is 1. The van der Waals surface area contributed by atoms with Crippen LogP contribution in [0.4, 0.5) is 0 Å². The molecule has 2 heterocycles. The molecule has 0 saturated carbocycles. The van der Waals surface area contributed by atoms with E-state index in [1.807, 2.05) is 0 Å². The highest BCUT2D eigenvalue weighted by Gasteiger charge is 1.97. The monoisotopic (exact) mass is 250 g/mol. The fourth-order valence-electron chi connectivity index (χ4n) is 0.845. The highest BCUT2D eigenvalue weighted by Crippen LogP contribution is 1.86. The molecule has 0 unspecified atom stereocenters. The number of aromatic nitrogens is 3. The first kappa shape index (κ1) is 12.8. The molecule has 0 atom stereocenters. The smallest absolute Gasteiger partial charge is 0.268 e. The van der Waals surface area contributed by atoms with Crippen LogP contribution in [0.3, 0.4) is 0 Å². The van der Waals surface area contributed by atoms with Crippen LogP contribution in [0.5, 0.6) is 0 Å². The summed E-state index contributed by atoms with van der Waals surface area (Å²) in [7, 11) is 0. The molecule has 2 aromatic rings. The highest BCUT2D eigenvalue weighted by atomic mass is 32.1. The first-order chi connectivity index (χ1) is 8.11. The molecule has 6 nitrogen and oxygen atoms in total. The summed E-state index contributed by atoms with van der Waals surface area (Å²) in [6.07, 6.45) is 5.71. The second kappa shape index (κ2) is 6.33. The van der Waals surface area contributed by atoms with Crippen molar-refractivity contribution in [3.8, 4) is 0 Å². The number of amides is 1. The number of rotatable bonds is 1. The van der Waals surface area contributed by atoms with E-state index in [0.29, 0.717) is 4.64 Å². The molecule has 0 aliphatic carbocycles. The maximum Gasteiger partial charge on any atom is 0.268 e. The fraction of sp³-hybridized carbons (Fsp3) is 0. The van der Waals surface area contributed by atoms with Gasteiger partial charge in [0.25, 0.3) is 5.91 Å². The van der Waals surface area contributed by atoms with Gasteiger partial charge in [-0.25, -0.2) is 4.98 Å². The predicted octanol–water partition coefficient (Wildman–Crippen LogP) is 1.03. The molecular formula is C10H10N4O2S. The number of nitrogens with zero attached hydrogens (tertiary/aromatic N) is 3. The van der Waals surface area contributed by atoms with Gasteiger partial charge in [-0.05, 0) is 12.1 Å². The minimum Gasteiger partial charge on any atom is -0.428 e. The van der Waals surface area contributed by atoms with Crippen LogP contribution in [0.15, 0.2) is 43.0 Å². The van der Waals surface area contributed by atoms with E-state index in [4.69, 9.17) is 10.9 Å². The molecule has 1 amide bonds. The summed E-state index contributed by atoms with van der Waals surface area (Å²) < 4.78 is 1.32. The van der Waals surface area contributed by atoms with Gasteiger partial charge in [-0.3, -0.25) is 9.78 Å². The second-order valence-electron chi connectivity index (χ2n) is 2.84. The minimum atomic E-state index is -0.553. The van der Waals surface area contributed by atoms with E-state index < -0.39 is 5.91 Å². The van der Waals surface area contributed by atoms with Gasteiger partial charge in [0.2, 0.25) is 0 Å². The Balaban J connectivity index is 0.000000171. The van der Waals surface area contributed by atoms with Gasteiger partial charge in [0.15, 0.2) is 0 Å². The van der Waals surface area contributed by atoms with Crippen molar-refractivity contribution in [3.63, 3.8) is 0 Å². The molecule has 88 valence electrons. The first-order valence-corrected chi connectivity index (χ1v) is 4.95. The lowest BCUT2D eigenvalue weighted by Gasteiger charge is -1.90. The summed E-state index contributed by atoms with van der Waals surface area (Å²) in [5.41, 5.74) is 5.06. The van der Waals surface area contributed by atoms with E-state index in [-0.39, 0.29) is 5.69 Å². The van der Waals surface area contributed by atoms with Crippen molar-refractivity contribution in [3.05, 3.63) is 53.3 Å². The van der Waals surface area contributed by atoms with Crippen LogP contribution in [-0.2, 0) is 0 Å². The number of hydrogen-bond donors (Lipinski definition) is 2. The standard InChI is InChI=1S/C5H5N3O.C5H5NOS/c6-5(9)4-3-7-1-2-8-4;7-6-4-2-1-3-5(6)8/h1-3H,(H2,6,9);1-4,7H. The molecule has 0 aliphatic heterocycles. The Morgan fingerprint density at radius 2 is 2.18 bits per heavy atom. The minimum absolute atomic E-state index is 0.192. The van der Waals surface area contributed by atoms with Gasteiger partial charge < -0.3 is 10.9 Å². The summed E-state index contributed by atoms with van der Waals surface area (Å²) in [6, 6.07) is 5.13. The van der Waals surface area contributed by atoms with Crippen molar-refractivity contribution >= 4 is 18.1 Å². The van der Waals surface area contributed by atoms with Gasteiger partial charge in [-0.15, -0.1) is 0 Å². The molecule has 0 fully saturated rings. The Labute approximate surface area is 102 Å². The fourth-order valence-corrected chi connectivity index (χ4v) is 0.985. The maximum absolute atomic E-state index is 10.3. The van der Waals surface area contributed by atoms with Gasteiger partial charge >= 0.3 is 0 Å². The Kier molecular flexibility index (Phi) is 4.77. The Bertz CT molecular complexity index is 541. The van der Waals surface area contributed by atoms with Crippen molar-refractivity contribution in [1.82, 2.24) is 14.7 Å². The lowest BCUT2D eigenvalue weighted by atomic mass is 10.4. The highest BCUT2D eigenvalue weighted by molar-refractivity contribution is 7.71. The number of carbonyl (C=O) groups excluding carboxylic acids is 1. The maximum atomic E-state index is 10.3. The van der Waals surface area contributed by atoms with Gasteiger partial charge in [0.05, 0.1) is 6.20 Å². The molecule has 3 N–H and O–H groups in total. The first-order valence-electron chi connectivity index (χ1n) is 4.54. The summed E-state index contributed by atoms with van der Waals surface area (Å²) in [5.74, 6) is -0.553. The predicted molar refractivity (Wildman–Crippen MR) is 63.0 cm³/mol. The average molecular weight is 250 g/mol. The number of nitrogens with two attached hydrogens (primary N) is 1. The van der Waals surface area contributed by atoms with Crippen LogP contribution < -0.4 is 5.73 Å². The molecule has 0 aromatic carbocycles. The summed E-state index contributed by atoms with van der Waals surface area (Å²) in [6.45, 7) is 0. The van der Waals surface area contributed by atoms with E-state index in [1.54, 1.807) is 18.2 Å². The normalized spacial score (nSPS) is 8.94. The average Bonchev–Trinajstić information content (AvgIpc) is 2.35. The third kappa shape index (κ3) is 4.39. The molecule has 7 heteroatoms. The van der Waals surface area contributed by atoms with E-state index in [1.165, 1.54) is 24.8 Å². The summed E-state index contributed by atoms with van der Waals surface area (Å²) in [5, 5.41) is 8.73. The Morgan fingerprint density at radius 1 is 1.41 bits per heavy atom. The molecule has 0 saturated heterocycles. The number of pyridine rings is 1. The molecule has 0 aliphatic rings. The molecule has 2 rings (SSSR count). The van der Waals surface area contributed by atoms with Crippen LogP contribution in [0.2, 0.25) is 0 Å². The molecule has 0 spiro atoms. The van der Waals surface area contributed by atoms with E-state index in [9.17, 15) is 4.79 Å². The lowest BCUT2D eigenvalue weighted by molar-refractivity contribution is 0.0995. The molecule has 2 aromatic heterocycles. The molecule has 17 heavy (non-hydrogen) atoms. The lowest BCUT2D eigenvalue weighted by Crippen LogP contribution is -2.12. The Morgan fingerprint density at radius 3 is 2.53 bits per heavy atom. The quantitative estimate of drug-likeness (QED) is 0.582. The van der Waals surface area contributed by atoms with Crippen LogP contribution in [0, 0.1) is 4.64 Å². The van der Waals surface area contributed by atoms with E-state index in [0.717, 1.165) is 4.73 Å². The van der Waals surface area contributed by atoms with Crippen molar-refractivity contribution < 1.29 is 10.0 Å². The van der Waals surface area contributed by atoms with Crippen molar-refractivity contribution in [2.75, 3.05) is 0 Å². The zero-order chi connectivity index (χ0) is 12.7. The zero-order valence-electron chi connectivity index (χ0n) is 8.72. The van der Waals surface area contributed by atoms with Gasteiger partial charge in [0, 0.05) is 18.6 Å². The van der Waals surface area contributed by atoms with Gasteiger partial charge in [-0.1, -0.05) is 18.3 Å². The van der Waals surface area contributed by atoms with E-state index >= 15 is 0 Å². The third-order valence-corrected chi connectivity index (χ3v) is 1.94. The number of primary amides is 1. The molecular weight excluding hydrogens is 240 g/mol. The SMILES string of the molecule is NC(=O)c1cnccn1.On1ccccc1=S. The van der Waals surface area contributed by atoms with Crippen molar-refractivity contribution in [1.29, 1.82) is 0 Å². The molecule has 0 radical (unpaired) electrons. The zero-order valence-corrected chi connectivity index (χ0v) is 9.54. The van der Waals surface area contributed by atoms with Crippen molar-refractivity contribution in [2.24, 2.45) is 5.73 Å². The van der Waals surface area contributed by atoms with Crippen LogP contribution >= 0.6 is 12.2 Å². The van der Waals surface area contributed by atoms with Crippen LogP contribution in [0.1, 0.15) is 10.5 Å². The van der Waals surface area contributed by atoms with Crippen LogP contribution in [-0.4, -0.2) is 25.8 Å². The van der Waals surface area contributed by atoms with Gasteiger partial charge in [0.1, 0.15) is 10.3 Å². The Hall–Kier alpha value is -2.28. The third-order valence-electron chi connectivity index (χ3n) is 1.62. The molecule has 0 bridgehead atoms. The number of hydrogen-bond acceptors (Lipinski definition) is 5. The van der Waals surface area contributed by atoms with E-state index in [2.05, 4.69) is 22.2 Å². The second-order valence-corrected chi connectivity index (χ2v) is 3.26. The largest absolute Gasteiger partial charge is 0.428 e. The summed E-state index contributed by atoms with van der Waals surface area (Å²) >= 11 is 4.67.